The number of hydrogen-bond donors (Lipinski definition) is 1. The molecular weight excluding hydrogens is 376 g/mol. The van der Waals surface area contributed by atoms with Crippen LogP contribution in [0.2, 0.25) is 0 Å². The van der Waals surface area contributed by atoms with E-state index in [1.807, 2.05) is 4.90 Å². The summed E-state index contributed by atoms with van der Waals surface area (Å²) in [6, 6.07) is -1.05. The molecule has 0 aromatic carbocycles. The molecule has 29 heavy (non-hydrogen) atoms. The summed E-state index contributed by atoms with van der Waals surface area (Å²) in [4.78, 5) is 19.5. The summed E-state index contributed by atoms with van der Waals surface area (Å²) >= 11 is 0. The number of carbonyl (C=O) groups excluding carboxylic acids is 1. The zero-order chi connectivity index (χ0) is 19.8. The predicted molar refractivity (Wildman–Crippen MR) is 102 cm³/mol. The van der Waals surface area contributed by atoms with Crippen molar-refractivity contribution in [2.45, 2.75) is 57.0 Å². The van der Waals surface area contributed by atoms with Gasteiger partial charge in [0.2, 0.25) is 11.9 Å². The molecule has 6 atom stereocenters. The number of halogens is 2. The van der Waals surface area contributed by atoms with Crippen LogP contribution in [0.25, 0.3) is 0 Å². The van der Waals surface area contributed by atoms with Gasteiger partial charge < -0.3 is 10.2 Å². The third kappa shape index (κ3) is 2.60. The lowest BCUT2D eigenvalue weighted by Crippen LogP contribution is -2.50. The van der Waals surface area contributed by atoms with Crippen LogP contribution in [0.3, 0.4) is 0 Å². The van der Waals surface area contributed by atoms with E-state index in [0.717, 1.165) is 25.8 Å². The van der Waals surface area contributed by atoms with Gasteiger partial charge in [0.15, 0.2) is 0 Å². The Kier molecular flexibility index (Phi) is 3.84. The molecule has 0 unspecified atom stereocenters. The first-order valence-corrected chi connectivity index (χ1v) is 11.0. The number of nitrogens with one attached hydrogen (secondary N) is 1. The highest BCUT2D eigenvalue weighted by Gasteiger charge is 2.64. The van der Waals surface area contributed by atoms with Gasteiger partial charge in [-0.15, -0.1) is 0 Å². The van der Waals surface area contributed by atoms with E-state index < -0.39 is 12.5 Å². The van der Waals surface area contributed by atoms with Crippen LogP contribution in [-0.4, -0.2) is 51.1 Å². The van der Waals surface area contributed by atoms with Crippen molar-refractivity contribution in [3.63, 3.8) is 0 Å². The third-order valence-corrected chi connectivity index (χ3v) is 8.37. The molecule has 156 valence electrons. The SMILES string of the molecule is O=C([C@H]1C[C@@H]2C=C[C@@H]1C21CC1)N1CCC[C@H]([C@@H]2C[C@H](C(F)F)n3ncnc3N2)C1. The fraction of sp³-hybridized carbons (Fsp3) is 0.762. The molecule has 2 aliphatic heterocycles. The molecule has 2 bridgehead atoms. The zero-order valence-corrected chi connectivity index (χ0v) is 16.4. The zero-order valence-electron chi connectivity index (χ0n) is 16.4. The Balaban J connectivity index is 1.17. The average Bonchev–Trinajstić information content (AvgIpc) is 3.14. The molecule has 1 aromatic heterocycles. The minimum Gasteiger partial charge on any atom is -0.351 e. The van der Waals surface area contributed by atoms with Crippen LogP contribution < -0.4 is 5.32 Å². The lowest BCUT2D eigenvalue weighted by molar-refractivity contribution is -0.138. The maximum Gasteiger partial charge on any atom is 0.260 e. The first-order chi connectivity index (χ1) is 14.1. The fourth-order valence-corrected chi connectivity index (χ4v) is 6.73. The Bertz CT molecular complexity index is 850. The number of rotatable bonds is 3. The minimum absolute atomic E-state index is 0.101. The Morgan fingerprint density at radius 1 is 1.28 bits per heavy atom. The van der Waals surface area contributed by atoms with Crippen LogP contribution in [0, 0.1) is 29.1 Å². The van der Waals surface area contributed by atoms with Crippen LogP contribution in [0.5, 0.6) is 0 Å². The molecule has 8 heteroatoms. The molecule has 3 aliphatic carbocycles. The molecule has 2 saturated carbocycles. The summed E-state index contributed by atoms with van der Waals surface area (Å²) in [6.07, 6.45) is 9.23. The molecule has 5 aliphatic rings. The van der Waals surface area contributed by atoms with E-state index in [2.05, 4.69) is 27.6 Å². The number of alkyl halides is 2. The highest BCUT2D eigenvalue weighted by atomic mass is 19.3. The molecule has 1 amide bonds. The smallest absolute Gasteiger partial charge is 0.260 e. The first kappa shape index (κ1) is 17.8. The standard InChI is InChI=1S/C21H27F2N5O/c22-18(23)17-9-16(26-20-24-11-25-28(17)20)12-2-1-7-27(10-12)19(29)14-8-13-3-4-15(14)21(13)5-6-21/h3-4,11-18H,1-2,5-10H2,(H,24,25,26)/t12-,13-,14-,15-,16-,17+/m0/s1. The summed E-state index contributed by atoms with van der Waals surface area (Å²) in [5.41, 5.74) is 0.412. The van der Waals surface area contributed by atoms with E-state index in [0.29, 0.717) is 42.1 Å². The Morgan fingerprint density at radius 2 is 2.14 bits per heavy atom. The van der Waals surface area contributed by atoms with Crippen LogP contribution in [0.1, 0.15) is 44.6 Å². The maximum absolute atomic E-state index is 13.6. The highest BCUT2D eigenvalue weighted by molar-refractivity contribution is 5.80. The average molecular weight is 403 g/mol. The van der Waals surface area contributed by atoms with Crippen molar-refractivity contribution in [3.8, 4) is 0 Å². The van der Waals surface area contributed by atoms with Gasteiger partial charge in [0.05, 0.1) is 0 Å². The van der Waals surface area contributed by atoms with Crippen molar-refractivity contribution in [2.75, 3.05) is 18.4 Å². The van der Waals surface area contributed by atoms with Gasteiger partial charge in [-0.3, -0.25) is 4.79 Å². The van der Waals surface area contributed by atoms with Crippen molar-refractivity contribution in [1.82, 2.24) is 19.7 Å². The molecule has 6 rings (SSSR count). The van der Waals surface area contributed by atoms with Gasteiger partial charge in [0.25, 0.3) is 6.43 Å². The van der Waals surface area contributed by atoms with Gasteiger partial charge in [0.1, 0.15) is 12.4 Å². The van der Waals surface area contributed by atoms with Gasteiger partial charge in [-0.2, -0.15) is 10.1 Å². The van der Waals surface area contributed by atoms with Crippen molar-refractivity contribution < 1.29 is 13.6 Å². The number of hydrogen-bond acceptors (Lipinski definition) is 4. The molecule has 3 fully saturated rings. The van der Waals surface area contributed by atoms with Crippen molar-refractivity contribution in [2.24, 2.45) is 29.1 Å². The van der Waals surface area contributed by atoms with Gasteiger partial charge in [-0.1, -0.05) is 12.2 Å². The summed E-state index contributed by atoms with van der Waals surface area (Å²) in [7, 11) is 0. The number of nitrogens with zero attached hydrogens (tertiary/aromatic N) is 4. The topological polar surface area (TPSA) is 63.1 Å². The second-order valence-electron chi connectivity index (χ2n) is 9.70. The first-order valence-electron chi connectivity index (χ1n) is 11.0. The summed E-state index contributed by atoms with van der Waals surface area (Å²) < 4.78 is 28.5. The molecule has 1 N–H and O–H groups in total. The van der Waals surface area contributed by atoms with Crippen LogP contribution in [0.4, 0.5) is 14.7 Å². The van der Waals surface area contributed by atoms with E-state index in [9.17, 15) is 13.6 Å². The number of anilines is 1. The molecule has 1 spiro atoms. The molecule has 1 saturated heterocycles. The number of piperidine rings is 1. The fourth-order valence-electron chi connectivity index (χ4n) is 6.73. The van der Waals surface area contributed by atoms with Crippen LogP contribution in [0.15, 0.2) is 18.5 Å². The molecule has 3 heterocycles. The predicted octanol–water partition coefficient (Wildman–Crippen LogP) is 3.11. The number of aromatic nitrogens is 3. The number of allylic oxidation sites excluding steroid dienone is 2. The maximum atomic E-state index is 13.6. The Morgan fingerprint density at radius 3 is 2.90 bits per heavy atom. The second-order valence-corrected chi connectivity index (χ2v) is 9.70. The Labute approximate surface area is 168 Å². The number of carbonyl (C=O) groups is 1. The minimum atomic E-state index is -2.48. The number of likely N-dealkylation sites (tertiary alicyclic amines) is 1. The number of amides is 1. The van der Waals surface area contributed by atoms with E-state index in [1.165, 1.54) is 23.9 Å². The summed E-state index contributed by atoms with van der Waals surface area (Å²) in [5, 5.41) is 7.29. The summed E-state index contributed by atoms with van der Waals surface area (Å²) in [6.45, 7) is 1.45. The molecule has 0 radical (unpaired) electrons. The third-order valence-electron chi connectivity index (χ3n) is 8.37. The van der Waals surface area contributed by atoms with Crippen molar-refractivity contribution in [3.05, 3.63) is 18.5 Å². The molecule has 1 aromatic rings. The lowest BCUT2D eigenvalue weighted by atomic mass is 9.84. The number of fused-ring (bicyclic) bond motifs is 1. The molecule has 6 nitrogen and oxygen atoms in total. The Hall–Kier alpha value is -1.99. The van der Waals surface area contributed by atoms with Crippen LogP contribution in [-0.2, 0) is 4.79 Å². The van der Waals surface area contributed by atoms with Crippen molar-refractivity contribution >= 4 is 11.9 Å². The van der Waals surface area contributed by atoms with E-state index in [4.69, 9.17) is 0 Å². The van der Waals surface area contributed by atoms with Crippen molar-refractivity contribution in [1.29, 1.82) is 0 Å². The normalized spacial score (nSPS) is 39.1. The van der Waals surface area contributed by atoms with Crippen LogP contribution >= 0.6 is 0 Å². The largest absolute Gasteiger partial charge is 0.351 e. The highest BCUT2D eigenvalue weighted by Crippen LogP contribution is 2.70. The van der Waals surface area contributed by atoms with E-state index in [1.54, 1.807) is 0 Å². The van der Waals surface area contributed by atoms with Gasteiger partial charge in [-0.05, 0) is 61.7 Å². The monoisotopic (exact) mass is 403 g/mol. The second kappa shape index (κ2) is 6.25. The van der Waals surface area contributed by atoms with E-state index in [-0.39, 0.29) is 17.9 Å². The molecular formula is C21H27F2N5O. The quantitative estimate of drug-likeness (QED) is 0.788. The van der Waals surface area contributed by atoms with Gasteiger partial charge >= 0.3 is 0 Å². The van der Waals surface area contributed by atoms with E-state index >= 15 is 0 Å². The summed E-state index contributed by atoms with van der Waals surface area (Å²) in [5.74, 6) is 2.03. The van der Waals surface area contributed by atoms with Gasteiger partial charge in [-0.25, -0.2) is 13.5 Å². The lowest BCUT2D eigenvalue weighted by Gasteiger charge is -2.41. The van der Waals surface area contributed by atoms with Gasteiger partial charge in [0, 0.05) is 25.0 Å².